The van der Waals surface area contributed by atoms with Crippen molar-refractivity contribution in [2.45, 2.75) is 108 Å². The van der Waals surface area contributed by atoms with E-state index in [1.54, 1.807) is 0 Å². The lowest BCUT2D eigenvalue weighted by atomic mass is 9.45. The van der Waals surface area contributed by atoms with Gasteiger partial charge in [-0.1, -0.05) is 75.8 Å². The Morgan fingerprint density at radius 3 is 1.59 bits per heavy atom. The SMILES string of the molecule is Cc1cc(C)c(B(c2c(C)cc(C)cc2C)N(/C=C2\c3cccc[n+]3[B-]3(OC(C)(C)C(C)(C)O3)N2c2ccc(C)c(C)c2)c2ccc(C)c(C)c2)c(C)c1. The Morgan fingerprint density at radius 2 is 1.09 bits per heavy atom. The molecule has 1 aromatic heterocycles. The molecule has 0 bridgehead atoms. The Kier molecular flexibility index (Phi) is 9.30. The Hall–Kier alpha value is -4.58. The molecule has 7 rings (SSSR count). The van der Waals surface area contributed by atoms with E-state index in [1.807, 2.05) is 0 Å². The number of hydrogen-bond acceptors (Lipinski definition) is 4. The van der Waals surface area contributed by atoms with Crippen molar-refractivity contribution in [3.8, 4) is 0 Å². The molecule has 5 nitrogen and oxygen atoms in total. The van der Waals surface area contributed by atoms with Crippen LogP contribution in [-0.4, -0.2) is 24.9 Å². The van der Waals surface area contributed by atoms with Crippen molar-refractivity contribution in [1.29, 1.82) is 0 Å². The molecule has 54 heavy (non-hydrogen) atoms. The van der Waals surface area contributed by atoms with Crippen LogP contribution in [0.5, 0.6) is 0 Å². The van der Waals surface area contributed by atoms with Crippen molar-refractivity contribution < 1.29 is 13.8 Å². The molecule has 278 valence electrons. The van der Waals surface area contributed by atoms with E-state index in [1.165, 1.54) is 66.6 Å². The summed E-state index contributed by atoms with van der Waals surface area (Å²) in [5.41, 5.74) is 18.3. The summed E-state index contributed by atoms with van der Waals surface area (Å²) in [7, 11) is 0. The monoisotopic (exact) mass is 717 g/mol. The van der Waals surface area contributed by atoms with Crippen molar-refractivity contribution in [2.75, 3.05) is 9.62 Å². The third-order valence-electron chi connectivity index (χ3n) is 12.6. The van der Waals surface area contributed by atoms with E-state index in [2.05, 4.69) is 202 Å². The zero-order valence-electron chi connectivity index (χ0n) is 35.0. The fourth-order valence-electron chi connectivity index (χ4n) is 8.99. The van der Waals surface area contributed by atoms with Gasteiger partial charge in [0.15, 0.2) is 5.69 Å². The van der Waals surface area contributed by atoms with Crippen LogP contribution in [0.4, 0.5) is 11.4 Å². The summed E-state index contributed by atoms with van der Waals surface area (Å²) in [5.74, 6) is 0. The molecule has 2 aliphatic rings. The van der Waals surface area contributed by atoms with Gasteiger partial charge in [-0.25, -0.2) is 0 Å². The highest BCUT2D eigenvalue weighted by molar-refractivity contribution is 6.89. The number of fused-ring (bicyclic) bond motifs is 2. The number of aromatic nitrogens is 1. The maximum Gasteiger partial charge on any atom is 0.667 e. The van der Waals surface area contributed by atoms with Crippen molar-refractivity contribution in [3.05, 3.63) is 153 Å². The zero-order valence-corrected chi connectivity index (χ0v) is 35.0. The smallest absolute Gasteiger partial charge is 0.477 e. The first kappa shape index (κ1) is 37.7. The third-order valence-corrected chi connectivity index (χ3v) is 12.6. The van der Waals surface area contributed by atoms with E-state index in [0.717, 1.165) is 22.8 Å². The van der Waals surface area contributed by atoms with Crippen molar-refractivity contribution in [3.63, 3.8) is 0 Å². The summed E-state index contributed by atoms with van der Waals surface area (Å²) in [6.07, 6.45) is 4.51. The van der Waals surface area contributed by atoms with Gasteiger partial charge in [0, 0.05) is 23.6 Å². The fraction of sp³-hybridized carbons (Fsp3) is 0.340. The second-order valence-corrected chi connectivity index (χ2v) is 17.2. The number of rotatable bonds is 6. The zero-order chi connectivity index (χ0) is 39.1. The normalized spacial score (nSPS) is 17.4. The highest BCUT2D eigenvalue weighted by Crippen LogP contribution is 2.48. The molecule has 0 saturated carbocycles. The first-order valence-corrected chi connectivity index (χ1v) is 19.5. The highest BCUT2D eigenvalue weighted by atomic mass is 16.7. The molecule has 0 aliphatic carbocycles. The van der Waals surface area contributed by atoms with Crippen molar-refractivity contribution >= 4 is 41.7 Å². The maximum atomic E-state index is 7.33. The van der Waals surface area contributed by atoms with E-state index in [9.17, 15) is 0 Å². The van der Waals surface area contributed by atoms with Gasteiger partial charge in [-0.2, -0.15) is 0 Å². The first-order chi connectivity index (χ1) is 25.3. The van der Waals surface area contributed by atoms with Gasteiger partial charge in [0.2, 0.25) is 0 Å². The lowest BCUT2D eigenvalue weighted by Gasteiger charge is -2.38. The summed E-state index contributed by atoms with van der Waals surface area (Å²) in [6, 6.07) is 29.4. The molecule has 0 unspecified atom stereocenters. The Balaban J connectivity index is 1.62. The number of aryl methyl sites for hydroxylation is 10. The molecule has 3 heterocycles. The van der Waals surface area contributed by atoms with Crippen LogP contribution in [-0.2, 0) is 9.31 Å². The Labute approximate surface area is 324 Å². The van der Waals surface area contributed by atoms with E-state index >= 15 is 0 Å². The van der Waals surface area contributed by atoms with Gasteiger partial charge in [-0.15, -0.1) is 0 Å². The number of nitrogens with zero attached hydrogens (tertiary/aromatic N) is 3. The predicted octanol–water partition coefficient (Wildman–Crippen LogP) is 9.08. The minimum Gasteiger partial charge on any atom is -0.477 e. The van der Waals surface area contributed by atoms with Gasteiger partial charge in [-0.05, 0) is 160 Å². The van der Waals surface area contributed by atoms with Crippen LogP contribution in [0.2, 0.25) is 0 Å². The lowest BCUT2D eigenvalue weighted by molar-refractivity contribution is -0.572. The van der Waals surface area contributed by atoms with Crippen LogP contribution in [0, 0.1) is 69.2 Å². The van der Waals surface area contributed by atoms with Crippen LogP contribution in [0.15, 0.2) is 91.3 Å². The van der Waals surface area contributed by atoms with Crippen LogP contribution in [0.3, 0.4) is 0 Å². The molecular weight excluding hydrogens is 660 g/mol. The van der Waals surface area contributed by atoms with Crippen LogP contribution in [0.1, 0.15) is 89.0 Å². The molecule has 7 heteroatoms. The van der Waals surface area contributed by atoms with Crippen LogP contribution >= 0.6 is 0 Å². The molecule has 1 fully saturated rings. The molecule has 4 aromatic carbocycles. The average molecular weight is 718 g/mol. The van der Waals surface area contributed by atoms with E-state index in [-0.39, 0.29) is 6.85 Å². The number of hydrogen-bond donors (Lipinski definition) is 0. The molecular formula is C47H57B2N3O2. The van der Waals surface area contributed by atoms with Crippen molar-refractivity contribution in [2.24, 2.45) is 0 Å². The van der Waals surface area contributed by atoms with E-state index in [4.69, 9.17) is 9.31 Å². The molecule has 5 aromatic rings. The summed E-state index contributed by atoms with van der Waals surface area (Å²) >= 11 is 0. The van der Waals surface area contributed by atoms with Gasteiger partial charge >= 0.3 is 13.7 Å². The molecule has 0 amide bonds. The quantitative estimate of drug-likeness (QED) is 0.164. The lowest BCUT2D eigenvalue weighted by Crippen LogP contribution is -2.72. The highest BCUT2D eigenvalue weighted by Gasteiger charge is 2.68. The van der Waals surface area contributed by atoms with Gasteiger partial charge in [0.1, 0.15) is 6.20 Å². The van der Waals surface area contributed by atoms with Gasteiger partial charge in [0.05, 0.1) is 16.9 Å². The van der Waals surface area contributed by atoms with Gasteiger partial charge in [0.25, 0.3) is 0 Å². The molecule has 0 N–H and O–H groups in total. The average Bonchev–Trinajstić information content (AvgIpc) is 3.43. The van der Waals surface area contributed by atoms with Crippen LogP contribution in [0.25, 0.3) is 5.70 Å². The second kappa shape index (κ2) is 13.3. The first-order valence-electron chi connectivity index (χ1n) is 19.5. The molecule has 1 saturated heterocycles. The Morgan fingerprint density at radius 1 is 0.593 bits per heavy atom. The fourth-order valence-corrected chi connectivity index (χ4v) is 8.99. The van der Waals surface area contributed by atoms with E-state index in [0.29, 0.717) is 0 Å². The predicted molar refractivity (Wildman–Crippen MR) is 229 cm³/mol. The van der Waals surface area contributed by atoms with Crippen molar-refractivity contribution in [1.82, 2.24) is 0 Å². The summed E-state index contributed by atoms with van der Waals surface area (Å²) < 4.78 is 16.9. The summed E-state index contributed by atoms with van der Waals surface area (Å²) in [5, 5.41) is 0. The van der Waals surface area contributed by atoms with Gasteiger partial charge < -0.3 is 23.4 Å². The third kappa shape index (κ3) is 6.10. The Bertz CT molecular complexity index is 2220. The second-order valence-electron chi connectivity index (χ2n) is 17.2. The number of pyridine rings is 1. The number of anilines is 2. The topological polar surface area (TPSA) is 28.8 Å². The largest absolute Gasteiger partial charge is 0.667 e. The van der Waals surface area contributed by atoms with Crippen LogP contribution < -0.4 is 25.0 Å². The summed E-state index contributed by atoms with van der Waals surface area (Å²) in [6.45, 7) is 28.5. The molecule has 0 atom stereocenters. The van der Waals surface area contributed by atoms with Gasteiger partial charge in [-0.3, -0.25) is 0 Å². The molecule has 0 radical (unpaired) electrons. The molecule has 2 aliphatic heterocycles. The standard InChI is InChI=1S/C47H57B2N3O2/c1-30-23-36(7)44(37(8)24-30)48(45-38(9)25-31(2)26-39(45)10)50(40-20-18-32(3)34(5)27-40)29-43-42-17-15-16-22-51(42)49(53-46(11,12)47(13,14)54-49)52(43)41-21-19-33(4)35(6)28-41/h15-29H,1-14H3/b43-29+. The minimum absolute atomic E-state index is 0.137. The summed E-state index contributed by atoms with van der Waals surface area (Å²) in [4.78, 5) is 4.88. The van der Waals surface area contributed by atoms with E-state index < -0.39 is 18.0 Å². The maximum absolute atomic E-state index is 7.33. The minimum atomic E-state index is -2.24. The number of benzene rings is 4. The molecule has 1 spiro atoms.